The summed E-state index contributed by atoms with van der Waals surface area (Å²) in [7, 11) is 0. The maximum Gasteiger partial charge on any atom is 0.254 e. The van der Waals surface area contributed by atoms with Crippen molar-refractivity contribution in [2.75, 3.05) is 19.6 Å². The molecule has 1 aliphatic heterocycles. The number of halogens is 1. The van der Waals surface area contributed by atoms with E-state index in [9.17, 15) is 14.4 Å². The summed E-state index contributed by atoms with van der Waals surface area (Å²) >= 11 is 3.47. The number of nitrogens with one attached hydrogen (secondary N) is 2. The fourth-order valence-corrected chi connectivity index (χ4v) is 4.07. The lowest BCUT2D eigenvalue weighted by Gasteiger charge is -2.26. The molecule has 2 aliphatic rings. The van der Waals surface area contributed by atoms with Crippen molar-refractivity contribution in [2.24, 2.45) is 0 Å². The van der Waals surface area contributed by atoms with Gasteiger partial charge in [-0.25, -0.2) is 0 Å². The number of hydrogen-bond donors (Lipinski definition) is 2. The Labute approximate surface area is 177 Å². The first kappa shape index (κ1) is 19.6. The Morgan fingerprint density at radius 2 is 1.90 bits per heavy atom. The molecular formula is C22H22BrN3O3. The molecule has 1 heterocycles. The highest BCUT2D eigenvalue weighted by molar-refractivity contribution is 9.10. The summed E-state index contributed by atoms with van der Waals surface area (Å²) in [6, 6.07) is 15.1. The second-order valence-electron chi connectivity index (χ2n) is 7.55. The fourth-order valence-electron chi connectivity index (χ4n) is 3.67. The zero-order valence-electron chi connectivity index (χ0n) is 15.9. The number of rotatable bonds is 5. The summed E-state index contributed by atoms with van der Waals surface area (Å²) in [4.78, 5) is 38.3. The predicted molar refractivity (Wildman–Crippen MR) is 112 cm³/mol. The second kappa shape index (κ2) is 7.99. The van der Waals surface area contributed by atoms with Crippen LogP contribution in [-0.4, -0.2) is 42.3 Å². The highest BCUT2D eigenvalue weighted by atomic mass is 79.9. The molecule has 4 rings (SSSR count). The van der Waals surface area contributed by atoms with Crippen molar-refractivity contribution in [3.05, 3.63) is 69.7 Å². The molecule has 150 valence electrons. The summed E-state index contributed by atoms with van der Waals surface area (Å²) in [6.45, 7) is 1.50. The van der Waals surface area contributed by atoms with Crippen molar-refractivity contribution in [1.29, 1.82) is 0 Å². The lowest BCUT2D eigenvalue weighted by Crippen LogP contribution is -2.49. The molecule has 1 saturated heterocycles. The lowest BCUT2D eigenvalue weighted by atomic mass is 9.95. The fraction of sp³-hybridized carbons (Fsp3) is 0.318. The molecule has 29 heavy (non-hydrogen) atoms. The third-order valence-corrected chi connectivity index (χ3v) is 6.03. The molecule has 6 nitrogen and oxygen atoms in total. The monoisotopic (exact) mass is 455 g/mol. The van der Waals surface area contributed by atoms with Gasteiger partial charge in [-0.1, -0.05) is 40.2 Å². The van der Waals surface area contributed by atoms with Gasteiger partial charge in [0.1, 0.15) is 0 Å². The third-order valence-electron chi connectivity index (χ3n) is 5.54. The molecule has 0 radical (unpaired) electrons. The number of carbonyl (C=O) groups is 3. The Balaban J connectivity index is 1.36. The number of amides is 3. The van der Waals surface area contributed by atoms with Crippen molar-refractivity contribution in [3.63, 3.8) is 0 Å². The number of carbonyl (C=O) groups excluding carboxylic acids is 3. The molecule has 0 atom stereocenters. The van der Waals surface area contributed by atoms with Gasteiger partial charge in [0.05, 0.1) is 12.0 Å². The molecule has 0 aromatic heterocycles. The van der Waals surface area contributed by atoms with E-state index in [1.807, 2.05) is 36.4 Å². The molecule has 3 amide bonds. The first-order valence-electron chi connectivity index (χ1n) is 9.67. The third kappa shape index (κ3) is 4.19. The molecule has 0 unspecified atom stereocenters. The van der Waals surface area contributed by atoms with E-state index in [0.29, 0.717) is 25.2 Å². The summed E-state index contributed by atoms with van der Waals surface area (Å²) in [5.74, 6) is -0.250. The smallest absolute Gasteiger partial charge is 0.254 e. The Morgan fingerprint density at radius 1 is 1.14 bits per heavy atom. The number of hydrogen-bond acceptors (Lipinski definition) is 3. The maximum absolute atomic E-state index is 12.8. The van der Waals surface area contributed by atoms with Gasteiger partial charge >= 0.3 is 0 Å². The van der Waals surface area contributed by atoms with Gasteiger partial charge in [-0.15, -0.1) is 0 Å². The van der Waals surface area contributed by atoms with E-state index in [1.165, 1.54) is 0 Å². The van der Waals surface area contributed by atoms with E-state index in [4.69, 9.17) is 0 Å². The summed E-state index contributed by atoms with van der Waals surface area (Å²) in [6.07, 6.45) is 1.71. The predicted octanol–water partition coefficient (Wildman–Crippen LogP) is 2.37. The molecule has 2 aromatic rings. The lowest BCUT2D eigenvalue weighted by molar-refractivity contribution is -0.124. The Bertz CT molecular complexity index is 954. The zero-order valence-corrected chi connectivity index (χ0v) is 17.5. The molecule has 0 bridgehead atoms. The van der Waals surface area contributed by atoms with E-state index < -0.39 is 5.41 Å². The van der Waals surface area contributed by atoms with E-state index in [0.717, 1.165) is 28.4 Å². The van der Waals surface area contributed by atoms with Crippen molar-refractivity contribution in [2.45, 2.75) is 24.8 Å². The van der Waals surface area contributed by atoms with Crippen LogP contribution >= 0.6 is 15.9 Å². The van der Waals surface area contributed by atoms with Gasteiger partial charge in [-0.05, 0) is 48.2 Å². The Kier molecular flexibility index (Phi) is 5.41. The minimum atomic E-state index is -0.422. The normalized spacial score (nSPS) is 17.4. The quantitative estimate of drug-likeness (QED) is 0.726. The Morgan fingerprint density at radius 3 is 2.55 bits per heavy atom. The molecule has 7 heteroatoms. The van der Waals surface area contributed by atoms with Crippen LogP contribution in [0.25, 0.3) is 0 Å². The van der Waals surface area contributed by atoms with Crippen molar-refractivity contribution >= 4 is 33.7 Å². The molecule has 1 saturated carbocycles. The van der Waals surface area contributed by atoms with Gasteiger partial charge in [0.25, 0.3) is 5.91 Å². The van der Waals surface area contributed by atoms with Crippen molar-refractivity contribution in [3.8, 4) is 0 Å². The van der Waals surface area contributed by atoms with Crippen molar-refractivity contribution in [1.82, 2.24) is 15.5 Å². The van der Waals surface area contributed by atoms with Crippen LogP contribution in [0.3, 0.4) is 0 Å². The van der Waals surface area contributed by atoms with E-state index in [-0.39, 0.29) is 24.3 Å². The van der Waals surface area contributed by atoms with Gasteiger partial charge < -0.3 is 15.5 Å². The molecule has 0 spiro atoms. The van der Waals surface area contributed by atoms with Crippen LogP contribution in [0.4, 0.5) is 0 Å². The SMILES string of the molecule is O=C1CN(C(=O)c2ccc(CNC(=O)C3(c4cccc(Br)c4)CC3)cc2)CCN1. The van der Waals surface area contributed by atoms with Crippen LogP contribution in [0, 0.1) is 0 Å². The Hall–Kier alpha value is -2.67. The van der Waals surface area contributed by atoms with Gasteiger partial charge in [-0.3, -0.25) is 14.4 Å². The number of nitrogens with zero attached hydrogens (tertiary/aromatic N) is 1. The van der Waals surface area contributed by atoms with Gasteiger partial charge in [-0.2, -0.15) is 0 Å². The largest absolute Gasteiger partial charge is 0.353 e. The minimum Gasteiger partial charge on any atom is -0.353 e. The van der Waals surface area contributed by atoms with Gasteiger partial charge in [0.15, 0.2) is 0 Å². The van der Waals surface area contributed by atoms with Gasteiger partial charge in [0.2, 0.25) is 11.8 Å². The van der Waals surface area contributed by atoms with Crippen LogP contribution in [-0.2, 0) is 21.5 Å². The van der Waals surface area contributed by atoms with E-state index in [2.05, 4.69) is 26.6 Å². The van der Waals surface area contributed by atoms with Crippen LogP contribution in [0.5, 0.6) is 0 Å². The van der Waals surface area contributed by atoms with Crippen LogP contribution < -0.4 is 10.6 Å². The van der Waals surface area contributed by atoms with Crippen LogP contribution in [0.1, 0.15) is 34.3 Å². The zero-order chi connectivity index (χ0) is 20.4. The van der Waals surface area contributed by atoms with E-state index >= 15 is 0 Å². The van der Waals surface area contributed by atoms with Gasteiger partial charge in [0, 0.05) is 29.7 Å². The minimum absolute atomic E-state index is 0.0371. The number of benzene rings is 2. The average molecular weight is 456 g/mol. The second-order valence-corrected chi connectivity index (χ2v) is 8.46. The highest BCUT2D eigenvalue weighted by Crippen LogP contribution is 2.48. The first-order chi connectivity index (χ1) is 14.0. The number of piperazine rings is 1. The summed E-state index contributed by atoms with van der Waals surface area (Å²) < 4.78 is 0.973. The topological polar surface area (TPSA) is 78.5 Å². The summed E-state index contributed by atoms with van der Waals surface area (Å²) in [5.41, 5.74) is 2.09. The summed E-state index contributed by atoms with van der Waals surface area (Å²) in [5, 5.41) is 5.75. The van der Waals surface area contributed by atoms with Crippen LogP contribution in [0.15, 0.2) is 53.0 Å². The molecule has 2 N–H and O–H groups in total. The first-order valence-corrected chi connectivity index (χ1v) is 10.5. The molecule has 2 fully saturated rings. The highest BCUT2D eigenvalue weighted by Gasteiger charge is 2.51. The molecular weight excluding hydrogens is 434 g/mol. The molecule has 2 aromatic carbocycles. The molecule has 1 aliphatic carbocycles. The standard InChI is InChI=1S/C22H22BrN3O3/c23-18-3-1-2-17(12-18)22(8-9-22)21(29)25-13-15-4-6-16(7-5-15)20(28)26-11-10-24-19(27)14-26/h1-7,12H,8-11,13-14H2,(H,24,27)(H,25,29). The maximum atomic E-state index is 12.8. The van der Waals surface area contributed by atoms with Crippen molar-refractivity contribution < 1.29 is 14.4 Å². The van der Waals surface area contributed by atoms with E-state index in [1.54, 1.807) is 17.0 Å². The average Bonchev–Trinajstić information content (AvgIpc) is 3.54. The van der Waals surface area contributed by atoms with Crippen LogP contribution in [0.2, 0.25) is 0 Å².